The predicted molar refractivity (Wildman–Crippen MR) is 84.4 cm³/mol. The van der Waals surface area contributed by atoms with E-state index < -0.39 is 17.5 Å². The van der Waals surface area contributed by atoms with Gasteiger partial charge in [0.1, 0.15) is 11.5 Å². The molecule has 0 radical (unpaired) electrons. The number of benzene rings is 1. The summed E-state index contributed by atoms with van der Waals surface area (Å²) in [6.07, 6.45) is 3.18. The summed E-state index contributed by atoms with van der Waals surface area (Å²) < 4.78 is 46.8. The van der Waals surface area contributed by atoms with E-state index in [1.54, 1.807) is 6.20 Å². The van der Waals surface area contributed by atoms with Gasteiger partial charge in [0.2, 0.25) is 0 Å². The molecule has 7 heteroatoms. The molecule has 0 amide bonds. The van der Waals surface area contributed by atoms with E-state index in [-0.39, 0.29) is 5.56 Å². The van der Waals surface area contributed by atoms with Crippen LogP contribution < -0.4 is 4.90 Å². The Bertz CT molecular complexity index is 903. The number of hydrogen-bond donors (Lipinski definition) is 1. The number of anilines is 1. The Kier molecular flexibility index (Phi) is 3.65. The van der Waals surface area contributed by atoms with E-state index in [0.717, 1.165) is 11.8 Å². The average Bonchev–Trinajstić information content (AvgIpc) is 3.03. The molecule has 0 spiro atoms. The SMILES string of the molecule is Fc1cc(F)c(F)c(-c2c[nH]c3nccc(N4CCOCC4)c23)c1. The molecule has 4 nitrogen and oxygen atoms in total. The molecule has 1 aliphatic rings. The Labute approximate surface area is 135 Å². The lowest BCUT2D eigenvalue weighted by molar-refractivity contribution is 0.123. The molecule has 24 heavy (non-hydrogen) atoms. The van der Waals surface area contributed by atoms with Gasteiger partial charge < -0.3 is 14.6 Å². The van der Waals surface area contributed by atoms with Crippen LogP contribution in [-0.4, -0.2) is 36.3 Å². The minimum absolute atomic E-state index is 0.124. The second kappa shape index (κ2) is 5.83. The summed E-state index contributed by atoms with van der Waals surface area (Å²) in [5.41, 5.74) is 1.64. The van der Waals surface area contributed by atoms with Gasteiger partial charge in [0, 0.05) is 48.1 Å². The van der Waals surface area contributed by atoms with E-state index in [1.165, 1.54) is 6.20 Å². The molecule has 0 saturated carbocycles. The minimum Gasteiger partial charge on any atom is -0.378 e. The number of aromatic nitrogens is 2. The molecular formula is C17H14F3N3O. The third-order valence-corrected chi connectivity index (χ3v) is 4.19. The molecule has 2 aromatic heterocycles. The summed E-state index contributed by atoms with van der Waals surface area (Å²) >= 11 is 0. The maximum absolute atomic E-state index is 14.2. The van der Waals surface area contributed by atoms with Crippen LogP contribution in [0.4, 0.5) is 18.9 Å². The van der Waals surface area contributed by atoms with E-state index in [4.69, 9.17) is 4.74 Å². The van der Waals surface area contributed by atoms with Gasteiger partial charge in [0.25, 0.3) is 0 Å². The number of halogens is 3. The first-order valence-corrected chi connectivity index (χ1v) is 7.59. The van der Waals surface area contributed by atoms with Crippen molar-refractivity contribution in [2.45, 2.75) is 0 Å². The van der Waals surface area contributed by atoms with Crippen LogP contribution >= 0.6 is 0 Å². The van der Waals surface area contributed by atoms with Crippen molar-refractivity contribution in [1.29, 1.82) is 0 Å². The molecule has 1 fully saturated rings. The maximum Gasteiger partial charge on any atom is 0.166 e. The van der Waals surface area contributed by atoms with Gasteiger partial charge in [-0.2, -0.15) is 0 Å². The highest BCUT2D eigenvalue weighted by Crippen LogP contribution is 2.37. The quantitative estimate of drug-likeness (QED) is 0.730. The molecule has 4 rings (SSSR count). The summed E-state index contributed by atoms with van der Waals surface area (Å²) in [4.78, 5) is 9.28. The Morgan fingerprint density at radius 3 is 2.67 bits per heavy atom. The van der Waals surface area contributed by atoms with Crippen LogP contribution in [0.25, 0.3) is 22.2 Å². The van der Waals surface area contributed by atoms with E-state index in [9.17, 15) is 13.2 Å². The topological polar surface area (TPSA) is 41.2 Å². The lowest BCUT2D eigenvalue weighted by Crippen LogP contribution is -2.36. The first-order valence-electron chi connectivity index (χ1n) is 7.59. The number of rotatable bonds is 2. The van der Waals surface area contributed by atoms with Crippen molar-refractivity contribution in [3.63, 3.8) is 0 Å². The van der Waals surface area contributed by atoms with Crippen molar-refractivity contribution in [2.24, 2.45) is 0 Å². The van der Waals surface area contributed by atoms with Crippen LogP contribution in [0.5, 0.6) is 0 Å². The molecule has 1 aromatic carbocycles. The average molecular weight is 333 g/mol. The Hall–Kier alpha value is -2.54. The van der Waals surface area contributed by atoms with E-state index >= 15 is 0 Å². The van der Waals surface area contributed by atoms with Crippen LogP contribution in [0.2, 0.25) is 0 Å². The summed E-state index contributed by atoms with van der Waals surface area (Å²) in [5, 5.41) is 0.642. The molecule has 1 aliphatic heterocycles. The van der Waals surface area contributed by atoms with Crippen LogP contribution in [0.15, 0.2) is 30.6 Å². The fourth-order valence-corrected chi connectivity index (χ4v) is 3.07. The number of hydrogen-bond acceptors (Lipinski definition) is 3. The van der Waals surface area contributed by atoms with Crippen LogP contribution in [0.1, 0.15) is 0 Å². The molecule has 1 saturated heterocycles. The van der Waals surface area contributed by atoms with Gasteiger partial charge in [-0.1, -0.05) is 0 Å². The number of H-pyrrole nitrogens is 1. The van der Waals surface area contributed by atoms with Crippen molar-refractivity contribution in [1.82, 2.24) is 9.97 Å². The largest absolute Gasteiger partial charge is 0.378 e. The molecule has 124 valence electrons. The van der Waals surface area contributed by atoms with Crippen molar-refractivity contribution < 1.29 is 17.9 Å². The first kappa shape index (κ1) is 15.0. The van der Waals surface area contributed by atoms with Crippen molar-refractivity contribution >= 4 is 16.7 Å². The highest BCUT2D eigenvalue weighted by Gasteiger charge is 2.21. The summed E-state index contributed by atoms with van der Waals surface area (Å²) in [5.74, 6) is -3.11. The Morgan fingerprint density at radius 2 is 1.88 bits per heavy atom. The normalized spacial score (nSPS) is 15.2. The van der Waals surface area contributed by atoms with Gasteiger partial charge >= 0.3 is 0 Å². The van der Waals surface area contributed by atoms with Crippen molar-refractivity contribution in [3.8, 4) is 11.1 Å². The van der Waals surface area contributed by atoms with Gasteiger partial charge in [-0.05, 0) is 12.1 Å². The number of nitrogens with one attached hydrogen (secondary N) is 1. The highest BCUT2D eigenvalue weighted by molar-refractivity contribution is 6.02. The van der Waals surface area contributed by atoms with Crippen molar-refractivity contribution in [2.75, 3.05) is 31.2 Å². The summed E-state index contributed by atoms with van der Waals surface area (Å²) in [6, 6.07) is 3.35. The number of fused-ring (bicyclic) bond motifs is 1. The fourth-order valence-electron chi connectivity index (χ4n) is 3.07. The highest BCUT2D eigenvalue weighted by atomic mass is 19.2. The molecule has 0 unspecified atom stereocenters. The predicted octanol–water partition coefficient (Wildman–Crippen LogP) is 3.48. The van der Waals surface area contributed by atoms with Crippen molar-refractivity contribution in [3.05, 3.63) is 48.0 Å². The number of aromatic amines is 1. The first-order chi connectivity index (χ1) is 11.6. The number of morpholine rings is 1. The lowest BCUT2D eigenvalue weighted by Gasteiger charge is -2.29. The number of nitrogens with zero attached hydrogens (tertiary/aromatic N) is 2. The number of ether oxygens (including phenoxy) is 1. The maximum atomic E-state index is 14.2. The molecule has 3 aromatic rings. The molecule has 1 N–H and O–H groups in total. The second-order valence-electron chi connectivity index (χ2n) is 5.60. The summed E-state index contributed by atoms with van der Waals surface area (Å²) in [6.45, 7) is 2.55. The van der Waals surface area contributed by atoms with Gasteiger partial charge in [-0.3, -0.25) is 0 Å². The zero-order valence-corrected chi connectivity index (χ0v) is 12.7. The molecule has 0 bridgehead atoms. The summed E-state index contributed by atoms with van der Waals surface area (Å²) in [7, 11) is 0. The van der Waals surface area contributed by atoms with Gasteiger partial charge in [0.15, 0.2) is 11.6 Å². The smallest absolute Gasteiger partial charge is 0.166 e. The van der Waals surface area contributed by atoms with Gasteiger partial charge in [-0.15, -0.1) is 0 Å². The fraction of sp³-hybridized carbons (Fsp3) is 0.235. The Morgan fingerprint density at radius 1 is 1.08 bits per heavy atom. The van der Waals surface area contributed by atoms with Crippen LogP contribution in [0.3, 0.4) is 0 Å². The third-order valence-electron chi connectivity index (χ3n) is 4.19. The third kappa shape index (κ3) is 2.41. The van der Waals surface area contributed by atoms with E-state index in [1.807, 2.05) is 6.07 Å². The monoisotopic (exact) mass is 333 g/mol. The zero-order chi connectivity index (χ0) is 16.7. The lowest BCUT2D eigenvalue weighted by atomic mass is 10.0. The minimum atomic E-state index is -1.21. The Balaban J connectivity index is 1.94. The zero-order valence-electron chi connectivity index (χ0n) is 12.7. The van der Waals surface area contributed by atoms with E-state index in [2.05, 4.69) is 14.9 Å². The van der Waals surface area contributed by atoms with Gasteiger partial charge in [-0.25, -0.2) is 18.2 Å². The molecule has 0 atom stereocenters. The standard InChI is InChI=1S/C17H14F3N3O/c18-10-7-11(16(20)13(19)8-10)12-9-22-17-15(12)14(1-2-21-17)23-3-5-24-6-4-23/h1-2,7-9H,3-6H2,(H,21,22). The molecule has 3 heterocycles. The second-order valence-corrected chi connectivity index (χ2v) is 5.60. The van der Waals surface area contributed by atoms with Crippen LogP contribution in [0, 0.1) is 17.5 Å². The number of pyridine rings is 1. The molecular weight excluding hydrogens is 319 g/mol. The molecule has 0 aliphatic carbocycles. The van der Waals surface area contributed by atoms with E-state index in [0.29, 0.717) is 49.0 Å². The van der Waals surface area contributed by atoms with Crippen LogP contribution in [-0.2, 0) is 4.74 Å². The van der Waals surface area contributed by atoms with Gasteiger partial charge in [0.05, 0.1) is 18.9 Å².